The minimum absolute atomic E-state index is 0.00711. The molecule has 3 aromatic rings. The number of nitriles is 1. The monoisotopic (exact) mass is 438 g/mol. The molecule has 8 heteroatoms. The SMILES string of the molecule is Cc1cc(C)c(-c2[nH]nc(C(F)(F)F)c2C)cc1C(=O)N1CC(c2ccc(C#N)cc2)C1. The van der Waals surface area contributed by atoms with Crippen LogP contribution in [0, 0.1) is 32.1 Å². The molecule has 32 heavy (non-hydrogen) atoms. The molecule has 1 aliphatic rings. The van der Waals surface area contributed by atoms with Crippen LogP contribution in [-0.2, 0) is 6.18 Å². The lowest BCUT2D eigenvalue weighted by Crippen LogP contribution is -2.48. The number of carbonyl (C=O) groups excluding carboxylic acids is 1. The Kier molecular flexibility index (Phi) is 5.29. The van der Waals surface area contributed by atoms with Gasteiger partial charge in [-0.15, -0.1) is 0 Å². The molecule has 2 heterocycles. The van der Waals surface area contributed by atoms with Crippen LogP contribution < -0.4 is 0 Å². The Hall–Kier alpha value is -3.60. The van der Waals surface area contributed by atoms with E-state index in [0.717, 1.165) is 16.7 Å². The highest BCUT2D eigenvalue weighted by molar-refractivity contribution is 5.98. The van der Waals surface area contributed by atoms with Gasteiger partial charge in [0.05, 0.1) is 17.3 Å². The molecular formula is C24H21F3N4O. The first kappa shape index (κ1) is 21.6. The largest absolute Gasteiger partial charge is 0.435 e. The van der Waals surface area contributed by atoms with Crippen molar-refractivity contribution < 1.29 is 18.0 Å². The molecule has 1 fully saturated rings. The summed E-state index contributed by atoms with van der Waals surface area (Å²) >= 11 is 0. The Bertz CT molecular complexity index is 1230. The van der Waals surface area contributed by atoms with Crippen LogP contribution in [0.25, 0.3) is 11.3 Å². The van der Waals surface area contributed by atoms with E-state index in [-0.39, 0.29) is 23.1 Å². The molecule has 1 aromatic heterocycles. The Morgan fingerprint density at radius 1 is 1.12 bits per heavy atom. The summed E-state index contributed by atoms with van der Waals surface area (Å²) in [5, 5.41) is 14.9. The first-order valence-corrected chi connectivity index (χ1v) is 10.1. The van der Waals surface area contributed by atoms with Crippen molar-refractivity contribution in [3.05, 3.63) is 75.5 Å². The summed E-state index contributed by atoms with van der Waals surface area (Å²) in [5.74, 6) is 0.0444. The number of halogens is 3. The fourth-order valence-electron chi connectivity index (χ4n) is 4.14. The van der Waals surface area contributed by atoms with E-state index in [9.17, 15) is 18.0 Å². The maximum absolute atomic E-state index is 13.2. The number of likely N-dealkylation sites (tertiary alicyclic amines) is 1. The molecule has 1 amide bonds. The molecule has 1 aliphatic heterocycles. The molecule has 0 spiro atoms. The van der Waals surface area contributed by atoms with Gasteiger partial charge in [-0.1, -0.05) is 18.2 Å². The van der Waals surface area contributed by atoms with E-state index >= 15 is 0 Å². The van der Waals surface area contributed by atoms with Crippen LogP contribution in [0.2, 0.25) is 0 Å². The van der Waals surface area contributed by atoms with Gasteiger partial charge < -0.3 is 4.90 Å². The lowest BCUT2D eigenvalue weighted by atomic mass is 9.89. The topological polar surface area (TPSA) is 72.8 Å². The summed E-state index contributed by atoms with van der Waals surface area (Å²) < 4.78 is 39.5. The molecule has 5 nitrogen and oxygen atoms in total. The summed E-state index contributed by atoms with van der Waals surface area (Å²) in [6.07, 6.45) is -4.55. The lowest BCUT2D eigenvalue weighted by molar-refractivity contribution is -0.141. The summed E-state index contributed by atoms with van der Waals surface area (Å²) in [6, 6.07) is 12.9. The average molecular weight is 438 g/mol. The summed E-state index contributed by atoms with van der Waals surface area (Å²) in [7, 11) is 0. The van der Waals surface area contributed by atoms with E-state index < -0.39 is 11.9 Å². The van der Waals surface area contributed by atoms with Gasteiger partial charge in [0.15, 0.2) is 5.69 Å². The normalized spacial score (nSPS) is 14.2. The molecule has 1 saturated heterocycles. The van der Waals surface area contributed by atoms with Crippen molar-refractivity contribution in [2.75, 3.05) is 13.1 Å². The second-order valence-electron chi connectivity index (χ2n) is 8.19. The summed E-state index contributed by atoms with van der Waals surface area (Å²) in [6.45, 7) is 6.10. The zero-order valence-electron chi connectivity index (χ0n) is 17.8. The number of H-pyrrole nitrogens is 1. The molecular weight excluding hydrogens is 417 g/mol. The number of carbonyl (C=O) groups is 1. The zero-order chi connectivity index (χ0) is 23.2. The van der Waals surface area contributed by atoms with E-state index in [1.54, 1.807) is 30.0 Å². The highest BCUT2D eigenvalue weighted by Gasteiger charge is 2.37. The van der Waals surface area contributed by atoms with E-state index in [2.05, 4.69) is 16.3 Å². The third kappa shape index (κ3) is 3.75. The van der Waals surface area contributed by atoms with E-state index in [1.807, 2.05) is 25.1 Å². The van der Waals surface area contributed by atoms with Crippen molar-refractivity contribution in [2.24, 2.45) is 0 Å². The van der Waals surface area contributed by atoms with Crippen molar-refractivity contribution >= 4 is 5.91 Å². The quantitative estimate of drug-likeness (QED) is 0.616. The second kappa shape index (κ2) is 7.83. The minimum Gasteiger partial charge on any atom is -0.337 e. The van der Waals surface area contributed by atoms with Crippen LogP contribution >= 0.6 is 0 Å². The van der Waals surface area contributed by atoms with Gasteiger partial charge >= 0.3 is 6.18 Å². The second-order valence-corrected chi connectivity index (χ2v) is 8.19. The molecule has 0 unspecified atom stereocenters. The van der Waals surface area contributed by atoms with E-state index in [4.69, 9.17) is 5.26 Å². The average Bonchev–Trinajstić information content (AvgIpc) is 3.09. The summed E-state index contributed by atoms with van der Waals surface area (Å²) in [5.41, 5.74) is 3.51. The maximum Gasteiger partial charge on any atom is 0.435 e. The zero-order valence-corrected chi connectivity index (χ0v) is 17.8. The number of rotatable bonds is 3. The van der Waals surface area contributed by atoms with Gasteiger partial charge in [-0.2, -0.15) is 23.5 Å². The Morgan fingerprint density at radius 2 is 1.78 bits per heavy atom. The number of nitrogens with one attached hydrogen (secondary N) is 1. The van der Waals surface area contributed by atoms with Crippen molar-refractivity contribution in [3.63, 3.8) is 0 Å². The van der Waals surface area contributed by atoms with Gasteiger partial charge in [-0.25, -0.2) is 0 Å². The fraction of sp³-hybridized carbons (Fsp3) is 0.292. The molecule has 0 aliphatic carbocycles. The van der Waals surface area contributed by atoms with Crippen LogP contribution in [0.3, 0.4) is 0 Å². The van der Waals surface area contributed by atoms with Gasteiger partial charge in [0, 0.05) is 35.7 Å². The number of alkyl halides is 3. The molecule has 0 radical (unpaired) electrons. The van der Waals surface area contributed by atoms with Crippen molar-refractivity contribution in [1.82, 2.24) is 15.1 Å². The first-order chi connectivity index (χ1) is 15.1. The predicted molar refractivity (Wildman–Crippen MR) is 113 cm³/mol. The maximum atomic E-state index is 13.2. The highest BCUT2D eigenvalue weighted by atomic mass is 19.4. The molecule has 1 N–H and O–H groups in total. The smallest absolute Gasteiger partial charge is 0.337 e. The van der Waals surface area contributed by atoms with Crippen molar-refractivity contribution in [1.29, 1.82) is 5.26 Å². The fourth-order valence-corrected chi connectivity index (χ4v) is 4.14. The van der Waals surface area contributed by atoms with E-state index in [0.29, 0.717) is 29.8 Å². The van der Waals surface area contributed by atoms with Gasteiger partial charge in [0.1, 0.15) is 0 Å². The van der Waals surface area contributed by atoms with E-state index in [1.165, 1.54) is 6.92 Å². The molecule has 0 bridgehead atoms. The number of aromatic amines is 1. The van der Waals surface area contributed by atoms with Gasteiger partial charge in [-0.05, 0) is 55.7 Å². The Labute approximate surface area is 183 Å². The first-order valence-electron chi connectivity index (χ1n) is 10.1. The van der Waals surface area contributed by atoms with Crippen LogP contribution in [0.5, 0.6) is 0 Å². The number of hydrogen-bond donors (Lipinski definition) is 1. The standard InChI is InChI=1S/C24H21F3N4O/c1-13-8-14(2)20(9-19(13)21-15(3)22(30-29-21)24(25,26)27)23(32)31-11-18(12-31)17-6-4-16(10-28)5-7-17/h4-9,18H,11-12H2,1-3H3,(H,29,30). The van der Waals surface area contributed by atoms with Crippen LogP contribution in [0.1, 0.15) is 49.8 Å². The van der Waals surface area contributed by atoms with Crippen LogP contribution in [-0.4, -0.2) is 34.1 Å². The Balaban J connectivity index is 1.58. The van der Waals surface area contributed by atoms with Gasteiger partial charge in [0.2, 0.25) is 0 Å². The third-order valence-corrected chi connectivity index (χ3v) is 6.03. The molecule has 0 saturated carbocycles. The molecule has 4 rings (SSSR count). The predicted octanol–water partition coefficient (Wildman–Crippen LogP) is 5.13. The number of nitrogens with zero attached hydrogens (tertiary/aromatic N) is 3. The highest BCUT2D eigenvalue weighted by Crippen LogP contribution is 2.37. The number of aromatic nitrogens is 2. The van der Waals surface area contributed by atoms with Gasteiger partial charge in [-0.3, -0.25) is 9.89 Å². The number of hydrogen-bond acceptors (Lipinski definition) is 3. The number of amides is 1. The van der Waals surface area contributed by atoms with Crippen molar-refractivity contribution in [2.45, 2.75) is 32.9 Å². The van der Waals surface area contributed by atoms with Crippen LogP contribution in [0.4, 0.5) is 13.2 Å². The van der Waals surface area contributed by atoms with Gasteiger partial charge in [0.25, 0.3) is 5.91 Å². The molecule has 2 aromatic carbocycles. The third-order valence-electron chi connectivity index (χ3n) is 6.03. The number of benzene rings is 2. The Morgan fingerprint density at radius 3 is 2.34 bits per heavy atom. The minimum atomic E-state index is -4.55. The van der Waals surface area contributed by atoms with Crippen molar-refractivity contribution in [3.8, 4) is 17.3 Å². The number of aryl methyl sites for hydroxylation is 2. The lowest BCUT2D eigenvalue weighted by Gasteiger charge is -2.40. The van der Waals surface area contributed by atoms with Crippen LogP contribution in [0.15, 0.2) is 36.4 Å². The molecule has 0 atom stereocenters. The molecule has 164 valence electrons. The summed E-state index contributed by atoms with van der Waals surface area (Å²) in [4.78, 5) is 14.9.